The average molecular weight is 240 g/mol. The summed E-state index contributed by atoms with van der Waals surface area (Å²) in [4.78, 5) is 2.74. The quantitative estimate of drug-likeness (QED) is 0.665. The highest BCUT2D eigenvalue weighted by molar-refractivity contribution is 4.88. The minimum atomic E-state index is 0.658. The molecule has 2 heteroatoms. The first-order valence-electron chi connectivity index (χ1n) is 7.56. The predicted molar refractivity (Wildman–Crippen MR) is 76.4 cm³/mol. The molecule has 1 N–H and O–H groups in total. The van der Waals surface area contributed by atoms with Crippen LogP contribution in [-0.2, 0) is 0 Å². The lowest BCUT2D eigenvalue weighted by molar-refractivity contribution is 0.109. The fourth-order valence-electron chi connectivity index (χ4n) is 2.92. The van der Waals surface area contributed by atoms with Crippen LogP contribution in [0.5, 0.6) is 0 Å². The summed E-state index contributed by atoms with van der Waals surface area (Å²) in [6.45, 7) is 10.6. The Kier molecular flexibility index (Phi) is 6.50. The van der Waals surface area contributed by atoms with Gasteiger partial charge in [-0.15, -0.1) is 0 Å². The van der Waals surface area contributed by atoms with E-state index in [-0.39, 0.29) is 0 Å². The molecule has 0 saturated heterocycles. The summed E-state index contributed by atoms with van der Waals surface area (Å²) < 4.78 is 0. The van der Waals surface area contributed by atoms with Gasteiger partial charge in [-0.1, -0.05) is 20.3 Å². The zero-order chi connectivity index (χ0) is 12.8. The van der Waals surface area contributed by atoms with Crippen LogP contribution in [0.15, 0.2) is 0 Å². The van der Waals surface area contributed by atoms with E-state index < -0.39 is 0 Å². The van der Waals surface area contributed by atoms with Gasteiger partial charge in [0.05, 0.1) is 0 Å². The molecule has 2 atom stereocenters. The molecule has 0 bridgehead atoms. The van der Waals surface area contributed by atoms with Crippen molar-refractivity contribution in [3.8, 4) is 0 Å². The van der Waals surface area contributed by atoms with Gasteiger partial charge in [-0.05, 0) is 52.5 Å². The number of hydrogen-bond acceptors (Lipinski definition) is 2. The standard InChI is InChI=1S/C15H32N2/c1-6-8-14(16-5)15(7-2)17(12(3)4)11-13-9-10-13/h12-16H,6-11H2,1-5H3. The zero-order valence-corrected chi connectivity index (χ0v) is 12.5. The van der Waals surface area contributed by atoms with Crippen LogP contribution in [-0.4, -0.2) is 36.6 Å². The van der Waals surface area contributed by atoms with Gasteiger partial charge in [0.1, 0.15) is 0 Å². The van der Waals surface area contributed by atoms with Crippen LogP contribution in [0.4, 0.5) is 0 Å². The summed E-state index contributed by atoms with van der Waals surface area (Å²) in [5.74, 6) is 0.991. The van der Waals surface area contributed by atoms with E-state index in [4.69, 9.17) is 0 Å². The smallest absolute Gasteiger partial charge is 0.0249 e. The molecule has 0 spiro atoms. The fraction of sp³-hybridized carbons (Fsp3) is 1.00. The van der Waals surface area contributed by atoms with E-state index in [0.717, 1.165) is 5.92 Å². The molecule has 102 valence electrons. The molecule has 1 fully saturated rings. The largest absolute Gasteiger partial charge is 0.315 e. The number of rotatable bonds is 9. The molecule has 0 heterocycles. The Morgan fingerprint density at radius 2 is 1.88 bits per heavy atom. The monoisotopic (exact) mass is 240 g/mol. The third kappa shape index (κ3) is 4.59. The van der Waals surface area contributed by atoms with Crippen LogP contribution in [0.3, 0.4) is 0 Å². The van der Waals surface area contributed by atoms with Gasteiger partial charge < -0.3 is 5.32 Å². The molecule has 0 aromatic rings. The minimum absolute atomic E-state index is 0.658. The lowest BCUT2D eigenvalue weighted by atomic mass is 9.97. The summed E-state index contributed by atoms with van der Waals surface area (Å²) in [6.07, 6.45) is 6.74. The third-order valence-electron chi connectivity index (χ3n) is 4.11. The molecule has 0 amide bonds. The van der Waals surface area contributed by atoms with Gasteiger partial charge in [-0.2, -0.15) is 0 Å². The van der Waals surface area contributed by atoms with Crippen LogP contribution in [0.1, 0.15) is 59.8 Å². The molecule has 17 heavy (non-hydrogen) atoms. The average Bonchev–Trinajstić information content (AvgIpc) is 3.10. The first-order valence-corrected chi connectivity index (χ1v) is 7.56. The molecular formula is C15H32N2. The van der Waals surface area contributed by atoms with Crippen molar-refractivity contribution in [1.29, 1.82) is 0 Å². The Balaban J connectivity index is 2.63. The maximum Gasteiger partial charge on any atom is 0.0249 e. The molecule has 0 aromatic carbocycles. The molecule has 1 aliphatic rings. The second kappa shape index (κ2) is 7.38. The topological polar surface area (TPSA) is 15.3 Å². The highest BCUT2D eigenvalue weighted by atomic mass is 15.2. The van der Waals surface area contributed by atoms with Gasteiger partial charge in [-0.3, -0.25) is 4.90 Å². The van der Waals surface area contributed by atoms with E-state index >= 15 is 0 Å². The molecule has 0 radical (unpaired) electrons. The molecule has 1 rings (SSSR count). The molecule has 2 unspecified atom stereocenters. The highest BCUT2D eigenvalue weighted by Crippen LogP contribution is 2.32. The summed E-state index contributed by atoms with van der Waals surface area (Å²) in [7, 11) is 2.12. The maximum absolute atomic E-state index is 3.54. The number of nitrogens with one attached hydrogen (secondary N) is 1. The van der Waals surface area contributed by atoms with Crippen molar-refractivity contribution in [2.24, 2.45) is 5.92 Å². The van der Waals surface area contributed by atoms with Gasteiger partial charge in [0.25, 0.3) is 0 Å². The van der Waals surface area contributed by atoms with Crippen LogP contribution in [0, 0.1) is 5.92 Å². The minimum Gasteiger partial charge on any atom is -0.315 e. The Hall–Kier alpha value is -0.0800. The molecule has 0 aromatic heterocycles. The van der Waals surface area contributed by atoms with Crippen molar-refractivity contribution in [2.45, 2.75) is 77.9 Å². The van der Waals surface area contributed by atoms with Gasteiger partial charge in [0.2, 0.25) is 0 Å². The Morgan fingerprint density at radius 1 is 1.24 bits per heavy atom. The van der Waals surface area contributed by atoms with Crippen LogP contribution < -0.4 is 5.32 Å². The van der Waals surface area contributed by atoms with E-state index in [9.17, 15) is 0 Å². The molecule has 1 aliphatic carbocycles. The lowest BCUT2D eigenvalue weighted by Gasteiger charge is -2.39. The maximum atomic E-state index is 3.54. The van der Waals surface area contributed by atoms with E-state index in [1.54, 1.807) is 0 Å². The van der Waals surface area contributed by atoms with Crippen molar-refractivity contribution >= 4 is 0 Å². The number of nitrogens with zero attached hydrogens (tertiary/aromatic N) is 1. The van der Waals surface area contributed by atoms with Gasteiger partial charge in [-0.25, -0.2) is 0 Å². The number of likely N-dealkylation sites (N-methyl/N-ethyl adjacent to an activating group) is 1. The molecule has 0 aliphatic heterocycles. The van der Waals surface area contributed by atoms with Crippen molar-refractivity contribution in [3.63, 3.8) is 0 Å². The van der Waals surface area contributed by atoms with Crippen molar-refractivity contribution < 1.29 is 0 Å². The zero-order valence-electron chi connectivity index (χ0n) is 12.5. The van der Waals surface area contributed by atoms with Gasteiger partial charge >= 0.3 is 0 Å². The number of hydrogen-bond donors (Lipinski definition) is 1. The summed E-state index contributed by atoms with van der Waals surface area (Å²) in [5.41, 5.74) is 0. The molecule has 1 saturated carbocycles. The van der Waals surface area contributed by atoms with Gasteiger partial charge in [0.15, 0.2) is 0 Å². The Morgan fingerprint density at radius 3 is 2.24 bits per heavy atom. The van der Waals surface area contributed by atoms with E-state index in [2.05, 4.69) is 45.0 Å². The van der Waals surface area contributed by atoms with Crippen molar-refractivity contribution in [1.82, 2.24) is 10.2 Å². The van der Waals surface area contributed by atoms with Crippen LogP contribution in [0.2, 0.25) is 0 Å². The second-order valence-corrected chi connectivity index (χ2v) is 5.89. The van der Waals surface area contributed by atoms with Gasteiger partial charge in [0, 0.05) is 24.7 Å². The summed E-state index contributed by atoms with van der Waals surface area (Å²) in [6, 6.07) is 2.04. The fourth-order valence-corrected chi connectivity index (χ4v) is 2.92. The normalized spacial score (nSPS) is 19.9. The molecule has 2 nitrogen and oxygen atoms in total. The first-order chi connectivity index (χ1) is 8.13. The Bertz CT molecular complexity index is 199. The predicted octanol–water partition coefficient (Wildman–Crippen LogP) is 3.27. The van der Waals surface area contributed by atoms with Crippen LogP contribution in [0.25, 0.3) is 0 Å². The summed E-state index contributed by atoms with van der Waals surface area (Å²) >= 11 is 0. The van der Waals surface area contributed by atoms with E-state index in [0.29, 0.717) is 18.1 Å². The van der Waals surface area contributed by atoms with E-state index in [1.165, 1.54) is 38.6 Å². The highest BCUT2D eigenvalue weighted by Gasteiger charge is 2.31. The van der Waals surface area contributed by atoms with Crippen molar-refractivity contribution in [3.05, 3.63) is 0 Å². The SMILES string of the molecule is CCCC(NC)C(CC)N(CC1CC1)C(C)C. The lowest BCUT2D eigenvalue weighted by Crippen LogP contribution is -2.52. The van der Waals surface area contributed by atoms with Crippen molar-refractivity contribution in [2.75, 3.05) is 13.6 Å². The van der Waals surface area contributed by atoms with Crippen LogP contribution >= 0.6 is 0 Å². The second-order valence-electron chi connectivity index (χ2n) is 5.89. The Labute approximate surface area is 108 Å². The van der Waals surface area contributed by atoms with E-state index in [1.807, 2.05) is 0 Å². The third-order valence-corrected chi connectivity index (χ3v) is 4.11. The first kappa shape index (κ1) is 15.0. The summed E-state index contributed by atoms with van der Waals surface area (Å²) in [5, 5.41) is 3.54. The molecular weight excluding hydrogens is 208 g/mol.